The normalized spacial score (nSPS) is 19.0. The third-order valence-electron chi connectivity index (χ3n) is 6.23. The zero-order chi connectivity index (χ0) is 22.0. The highest BCUT2D eigenvalue weighted by atomic mass is 16.4. The van der Waals surface area contributed by atoms with Gasteiger partial charge < -0.3 is 20.0 Å². The molecule has 0 saturated carbocycles. The van der Waals surface area contributed by atoms with E-state index in [0.717, 1.165) is 62.3 Å². The number of carboxylic acid groups (broad SMARTS) is 1. The lowest BCUT2D eigenvalue weighted by molar-refractivity contribution is -0.137. The summed E-state index contributed by atoms with van der Waals surface area (Å²) in [4.78, 5) is 15.5. The van der Waals surface area contributed by atoms with Crippen molar-refractivity contribution in [1.82, 2.24) is 15.1 Å². The second kappa shape index (κ2) is 8.90. The maximum Gasteiger partial charge on any atom is 0.304 e. The molecule has 162 valence electrons. The number of nitriles is 1. The first kappa shape index (κ1) is 21.1. The number of benzene rings is 1. The number of carboxylic acids is 1. The van der Waals surface area contributed by atoms with E-state index in [-0.39, 0.29) is 12.2 Å². The lowest BCUT2D eigenvalue weighted by Crippen LogP contribution is -2.50. The van der Waals surface area contributed by atoms with Crippen molar-refractivity contribution >= 4 is 11.8 Å². The highest BCUT2D eigenvalue weighted by molar-refractivity contribution is 5.73. The molecule has 1 aromatic carbocycles. The molecule has 31 heavy (non-hydrogen) atoms. The van der Waals surface area contributed by atoms with Gasteiger partial charge in [0.1, 0.15) is 5.75 Å². The molecule has 1 atom stereocenters. The average molecular weight is 422 g/mol. The molecule has 0 amide bonds. The number of fused-ring (bicyclic) bond motifs is 1. The number of likely N-dealkylation sites (tertiary alicyclic amines) is 1. The highest BCUT2D eigenvalue weighted by Crippen LogP contribution is 2.36. The summed E-state index contributed by atoms with van der Waals surface area (Å²) in [5, 5.41) is 37.6. The van der Waals surface area contributed by atoms with Crippen molar-refractivity contribution in [3.8, 4) is 23.1 Å². The minimum Gasteiger partial charge on any atom is -0.507 e. The zero-order valence-corrected chi connectivity index (χ0v) is 17.7. The summed E-state index contributed by atoms with van der Waals surface area (Å²) in [6.07, 6.45) is 4.18. The fraction of sp³-hybridized carbons (Fsp3) is 0.478. The molecule has 1 saturated heterocycles. The van der Waals surface area contributed by atoms with E-state index in [1.807, 2.05) is 13.0 Å². The fourth-order valence-electron chi connectivity index (χ4n) is 4.78. The van der Waals surface area contributed by atoms with E-state index >= 15 is 0 Å². The number of aromatic nitrogens is 2. The van der Waals surface area contributed by atoms with Crippen LogP contribution in [-0.4, -0.2) is 63.5 Å². The van der Waals surface area contributed by atoms with Gasteiger partial charge in [-0.1, -0.05) is 0 Å². The van der Waals surface area contributed by atoms with Crippen molar-refractivity contribution in [3.63, 3.8) is 0 Å². The summed E-state index contributed by atoms with van der Waals surface area (Å²) in [7, 11) is 0. The number of hydrogen-bond donors (Lipinski definition) is 2. The SMILES string of the molecule is Cc1cc(C#N)cc(O)c1-c1cc2c(nn1)N(C1CCCN(CCC(=O)O)C1)CCC2. The number of aryl methyl sites for hydroxylation is 2. The minimum atomic E-state index is -0.759. The number of phenols is 1. The number of aliphatic carboxylic acids is 1. The van der Waals surface area contributed by atoms with Crippen molar-refractivity contribution in [2.24, 2.45) is 0 Å². The molecule has 2 N–H and O–H groups in total. The molecule has 3 heterocycles. The Hall–Kier alpha value is -3.18. The smallest absolute Gasteiger partial charge is 0.304 e. The monoisotopic (exact) mass is 421 g/mol. The van der Waals surface area contributed by atoms with Crippen molar-refractivity contribution in [3.05, 3.63) is 34.9 Å². The van der Waals surface area contributed by atoms with Gasteiger partial charge in [0.25, 0.3) is 0 Å². The lowest BCUT2D eigenvalue weighted by atomic mass is 9.96. The van der Waals surface area contributed by atoms with E-state index in [1.54, 1.807) is 6.07 Å². The Labute approximate surface area is 181 Å². The summed E-state index contributed by atoms with van der Waals surface area (Å²) >= 11 is 0. The number of nitrogens with zero attached hydrogens (tertiary/aromatic N) is 5. The Morgan fingerprint density at radius 3 is 2.84 bits per heavy atom. The number of anilines is 1. The van der Waals surface area contributed by atoms with Gasteiger partial charge in [-0.25, -0.2) is 0 Å². The van der Waals surface area contributed by atoms with E-state index < -0.39 is 5.97 Å². The van der Waals surface area contributed by atoms with Crippen LogP contribution >= 0.6 is 0 Å². The molecular formula is C23H27N5O3. The number of rotatable bonds is 5. The third-order valence-corrected chi connectivity index (χ3v) is 6.23. The van der Waals surface area contributed by atoms with Crippen LogP contribution in [0.4, 0.5) is 5.82 Å². The molecule has 0 bridgehead atoms. The third kappa shape index (κ3) is 4.47. The maximum absolute atomic E-state index is 10.9. The summed E-state index contributed by atoms with van der Waals surface area (Å²) in [5.74, 6) is 0.177. The van der Waals surface area contributed by atoms with Crippen molar-refractivity contribution < 1.29 is 15.0 Å². The molecule has 1 unspecified atom stereocenters. The predicted octanol–water partition coefficient (Wildman–Crippen LogP) is 2.72. The topological polar surface area (TPSA) is 114 Å². The minimum absolute atomic E-state index is 0.0415. The van der Waals surface area contributed by atoms with Crippen LogP contribution < -0.4 is 4.90 Å². The fourth-order valence-corrected chi connectivity index (χ4v) is 4.78. The summed E-state index contributed by atoms with van der Waals surface area (Å²) in [6.45, 7) is 5.13. The van der Waals surface area contributed by atoms with Gasteiger partial charge in [0.05, 0.1) is 23.7 Å². The van der Waals surface area contributed by atoms with Crippen LogP contribution in [0.3, 0.4) is 0 Å². The second-order valence-electron chi connectivity index (χ2n) is 8.41. The first-order valence-corrected chi connectivity index (χ1v) is 10.8. The van der Waals surface area contributed by atoms with Crippen LogP contribution in [0.25, 0.3) is 11.3 Å². The molecule has 1 aromatic heterocycles. The molecular weight excluding hydrogens is 394 g/mol. The van der Waals surface area contributed by atoms with E-state index in [0.29, 0.717) is 29.4 Å². The van der Waals surface area contributed by atoms with E-state index in [1.165, 1.54) is 6.07 Å². The van der Waals surface area contributed by atoms with E-state index in [9.17, 15) is 9.90 Å². The largest absolute Gasteiger partial charge is 0.507 e. The number of carbonyl (C=O) groups is 1. The second-order valence-corrected chi connectivity index (χ2v) is 8.41. The molecule has 0 radical (unpaired) electrons. The number of hydrogen-bond acceptors (Lipinski definition) is 7. The van der Waals surface area contributed by atoms with Crippen LogP contribution in [0, 0.1) is 18.3 Å². The number of aromatic hydroxyl groups is 1. The average Bonchev–Trinajstić information content (AvgIpc) is 2.76. The Balaban J connectivity index is 1.58. The van der Waals surface area contributed by atoms with Crippen LogP contribution in [0.1, 0.15) is 42.4 Å². The molecule has 0 spiro atoms. The van der Waals surface area contributed by atoms with Crippen LogP contribution in [0.15, 0.2) is 18.2 Å². The van der Waals surface area contributed by atoms with Gasteiger partial charge in [0.2, 0.25) is 0 Å². The van der Waals surface area contributed by atoms with Crippen molar-refractivity contribution in [2.45, 2.75) is 45.1 Å². The molecule has 2 aromatic rings. The van der Waals surface area contributed by atoms with Crippen LogP contribution in [-0.2, 0) is 11.2 Å². The van der Waals surface area contributed by atoms with Crippen molar-refractivity contribution in [2.75, 3.05) is 31.1 Å². The standard InChI is InChI=1S/C23H27N5O3/c1-15-10-16(13-24)11-20(29)22(15)19-12-17-4-2-8-28(23(17)26-25-19)18-5-3-7-27(14-18)9-6-21(30)31/h10-12,18,29H,2-9,14H2,1H3,(H,30,31). The Kier molecular flexibility index (Phi) is 6.05. The summed E-state index contributed by atoms with van der Waals surface area (Å²) < 4.78 is 0. The molecule has 8 heteroatoms. The van der Waals surface area contributed by atoms with Gasteiger partial charge in [-0.15, -0.1) is 10.2 Å². The molecule has 2 aliphatic heterocycles. The van der Waals surface area contributed by atoms with Gasteiger partial charge in [0, 0.05) is 31.2 Å². The predicted molar refractivity (Wildman–Crippen MR) is 116 cm³/mol. The quantitative estimate of drug-likeness (QED) is 0.758. The number of phenolic OH excluding ortho intramolecular Hbond substituents is 1. The molecule has 4 rings (SSSR count). The summed E-state index contributed by atoms with van der Waals surface area (Å²) in [6, 6.07) is 7.57. The van der Waals surface area contributed by atoms with Gasteiger partial charge in [-0.3, -0.25) is 4.79 Å². The van der Waals surface area contributed by atoms with Gasteiger partial charge in [0.15, 0.2) is 5.82 Å². The molecule has 0 aliphatic carbocycles. The van der Waals surface area contributed by atoms with Gasteiger partial charge in [-0.2, -0.15) is 5.26 Å². The first-order valence-electron chi connectivity index (χ1n) is 10.8. The summed E-state index contributed by atoms with van der Waals surface area (Å²) in [5.41, 5.74) is 3.55. The first-order chi connectivity index (χ1) is 15.0. The molecule has 1 fully saturated rings. The van der Waals surface area contributed by atoms with Crippen LogP contribution in [0.2, 0.25) is 0 Å². The Morgan fingerprint density at radius 1 is 1.26 bits per heavy atom. The van der Waals surface area contributed by atoms with Gasteiger partial charge in [-0.05, 0) is 68.5 Å². The van der Waals surface area contributed by atoms with Gasteiger partial charge >= 0.3 is 5.97 Å². The van der Waals surface area contributed by atoms with Crippen molar-refractivity contribution in [1.29, 1.82) is 5.26 Å². The van der Waals surface area contributed by atoms with E-state index in [2.05, 4.69) is 26.1 Å². The van der Waals surface area contributed by atoms with Crippen LogP contribution in [0.5, 0.6) is 5.75 Å². The Bertz CT molecular complexity index is 1010. The molecule has 2 aliphatic rings. The lowest BCUT2D eigenvalue weighted by Gasteiger charge is -2.42. The number of piperidine rings is 1. The van der Waals surface area contributed by atoms with E-state index in [4.69, 9.17) is 10.4 Å². The highest BCUT2D eigenvalue weighted by Gasteiger charge is 2.30. The maximum atomic E-state index is 10.9. The zero-order valence-electron chi connectivity index (χ0n) is 17.7. The molecule has 8 nitrogen and oxygen atoms in total. The Morgan fingerprint density at radius 2 is 2.10 bits per heavy atom.